The normalized spacial score (nSPS) is 13.1. The van der Waals surface area contributed by atoms with Crippen LogP contribution in [-0.2, 0) is 11.2 Å². The lowest BCUT2D eigenvalue weighted by molar-refractivity contribution is -0.122. The van der Waals surface area contributed by atoms with E-state index < -0.39 is 12.1 Å². The molecule has 5 heteroatoms. The van der Waals surface area contributed by atoms with E-state index in [0.717, 1.165) is 16.3 Å². The van der Waals surface area contributed by atoms with Gasteiger partial charge in [-0.3, -0.25) is 9.59 Å². The van der Waals surface area contributed by atoms with Crippen LogP contribution in [0.2, 0.25) is 5.02 Å². The van der Waals surface area contributed by atoms with Crippen molar-refractivity contribution in [3.05, 3.63) is 82.9 Å². The SMILES string of the molecule is C[C@@H](N)C(=O)N[C@H](Cc1ccc(Cl)cc1)C(=O)c1ccc2ccccc2c1. The Hall–Kier alpha value is -2.69. The van der Waals surface area contributed by atoms with Crippen molar-refractivity contribution in [1.82, 2.24) is 5.32 Å². The molecule has 1 amide bonds. The molecule has 3 N–H and O–H groups in total. The number of hydrogen-bond acceptors (Lipinski definition) is 3. The minimum Gasteiger partial charge on any atom is -0.344 e. The molecule has 0 aliphatic heterocycles. The van der Waals surface area contributed by atoms with Crippen LogP contribution in [0.1, 0.15) is 22.8 Å². The summed E-state index contributed by atoms with van der Waals surface area (Å²) in [6, 6.07) is 19.2. The Labute approximate surface area is 163 Å². The smallest absolute Gasteiger partial charge is 0.237 e. The standard InChI is InChI=1S/C22H21ClN2O2/c1-14(24)22(27)25-20(12-15-6-10-19(23)11-7-15)21(26)18-9-8-16-4-2-3-5-17(16)13-18/h2-11,13-14,20H,12,24H2,1H3,(H,25,27)/t14-,20-/m1/s1. The van der Waals surface area contributed by atoms with Crippen LogP contribution in [0.3, 0.4) is 0 Å². The van der Waals surface area contributed by atoms with Crippen LogP contribution < -0.4 is 11.1 Å². The second kappa shape index (κ2) is 8.33. The molecule has 4 nitrogen and oxygen atoms in total. The van der Waals surface area contributed by atoms with Crippen molar-refractivity contribution >= 4 is 34.1 Å². The molecule has 2 atom stereocenters. The summed E-state index contributed by atoms with van der Waals surface area (Å²) in [6.45, 7) is 1.59. The van der Waals surface area contributed by atoms with Gasteiger partial charge >= 0.3 is 0 Å². The summed E-state index contributed by atoms with van der Waals surface area (Å²) in [4.78, 5) is 25.3. The molecule has 27 heavy (non-hydrogen) atoms. The fourth-order valence-corrected chi connectivity index (χ4v) is 3.04. The van der Waals surface area contributed by atoms with Gasteiger partial charge in [-0.15, -0.1) is 0 Å². The van der Waals surface area contributed by atoms with Crippen LogP contribution in [0.25, 0.3) is 10.8 Å². The molecular weight excluding hydrogens is 360 g/mol. The summed E-state index contributed by atoms with van der Waals surface area (Å²) in [5.41, 5.74) is 7.13. The number of carbonyl (C=O) groups excluding carboxylic acids is 2. The van der Waals surface area contributed by atoms with Gasteiger partial charge in [0.1, 0.15) is 0 Å². The predicted molar refractivity (Wildman–Crippen MR) is 109 cm³/mol. The average Bonchev–Trinajstić information content (AvgIpc) is 2.68. The Morgan fingerprint density at radius 1 is 1.00 bits per heavy atom. The van der Waals surface area contributed by atoms with Crippen molar-refractivity contribution < 1.29 is 9.59 Å². The van der Waals surface area contributed by atoms with E-state index in [1.807, 2.05) is 48.5 Å². The molecule has 0 saturated heterocycles. The highest BCUT2D eigenvalue weighted by molar-refractivity contribution is 6.30. The zero-order chi connectivity index (χ0) is 19.4. The van der Waals surface area contributed by atoms with Crippen LogP contribution in [0.4, 0.5) is 0 Å². The highest BCUT2D eigenvalue weighted by atomic mass is 35.5. The molecule has 0 aliphatic carbocycles. The number of nitrogens with two attached hydrogens (primary N) is 1. The number of hydrogen-bond donors (Lipinski definition) is 2. The highest BCUT2D eigenvalue weighted by Crippen LogP contribution is 2.18. The van der Waals surface area contributed by atoms with Crippen LogP contribution in [0.5, 0.6) is 0 Å². The second-order valence-electron chi connectivity index (χ2n) is 6.61. The maximum absolute atomic E-state index is 13.1. The number of halogens is 1. The number of rotatable bonds is 6. The average molecular weight is 381 g/mol. The Kier molecular flexibility index (Phi) is 5.89. The first-order valence-corrected chi connectivity index (χ1v) is 9.15. The highest BCUT2D eigenvalue weighted by Gasteiger charge is 2.24. The largest absolute Gasteiger partial charge is 0.344 e. The number of nitrogens with one attached hydrogen (secondary N) is 1. The van der Waals surface area contributed by atoms with Gasteiger partial charge in [0, 0.05) is 17.0 Å². The van der Waals surface area contributed by atoms with Crippen LogP contribution >= 0.6 is 11.6 Å². The van der Waals surface area contributed by atoms with E-state index in [4.69, 9.17) is 17.3 Å². The maximum Gasteiger partial charge on any atom is 0.237 e. The van der Waals surface area contributed by atoms with E-state index in [-0.39, 0.29) is 11.7 Å². The molecule has 0 unspecified atom stereocenters. The molecule has 3 aromatic rings. The van der Waals surface area contributed by atoms with Crippen molar-refractivity contribution in [3.8, 4) is 0 Å². The van der Waals surface area contributed by atoms with Crippen molar-refractivity contribution in [1.29, 1.82) is 0 Å². The molecule has 0 spiro atoms. The Balaban J connectivity index is 1.90. The lowest BCUT2D eigenvalue weighted by atomic mass is 9.95. The molecule has 3 aromatic carbocycles. The van der Waals surface area contributed by atoms with Gasteiger partial charge in [0.15, 0.2) is 5.78 Å². The van der Waals surface area contributed by atoms with Gasteiger partial charge in [0.25, 0.3) is 0 Å². The van der Waals surface area contributed by atoms with Gasteiger partial charge in [0.2, 0.25) is 5.91 Å². The van der Waals surface area contributed by atoms with E-state index in [2.05, 4.69) is 5.32 Å². The van der Waals surface area contributed by atoms with Gasteiger partial charge < -0.3 is 11.1 Å². The zero-order valence-electron chi connectivity index (χ0n) is 15.0. The summed E-state index contributed by atoms with van der Waals surface area (Å²) in [7, 11) is 0. The van der Waals surface area contributed by atoms with E-state index in [1.165, 1.54) is 0 Å². The number of Topliss-reactive ketones (excluding diaryl/α,β-unsaturated/α-hetero) is 1. The Bertz CT molecular complexity index is 967. The first-order valence-electron chi connectivity index (χ1n) is 8.77. The lowest BCUT2D eigenvalue weighted by Crippen LogP contribution is -2.48. The molecule has 0 saturated carbocycles. The van der Waals surface area contributed by atoms with Gasteiger partial charge in [-0.05, 0) is 41.5 Å². The van der Waals surface area contributed by atoms with Crippen LogP contribution in [-0.4, -0.2) is 23.8 Å². The van der Waals surface area contributed by atoms with E-state index in [0.29, 0.717) is 17.0 Å². The third-order valence-corrected chi connectivity index (χ3v) is 4.69. The van der Waals surface area contributed by atoms with E-state index in [1.54, 1.807) is 25.1 Å². The summed E-state index contributed by atoms with van der Waals surface area (Å²) in [5.74, 6) is -0.507. The Morgan fingerprint density at radius 2 is 1.67 bits per heavy atom. The van der Waals surface area contributed by atoms with Gasteiger partial charge in [-0.2, -0.15) is 0 Å². The predicted octanol–water partition coefficient (Wildman–Crippen LogP) is 3.75. The number of benzene rings is 3. The molecule has 0 fully saturated rings. The van der Waals surface area contributed by atoms with Crippen molar-refractivity contribution in [3.63, 3.8) is 0 Å². The van der Waals surface area contributed by atoms with Gasteiger partial charge in [0.05, 0.1) is 12.1 Å². The van der Waals surface area contributed by atoms with E-state index in [9.17, 15) is 9.59 Å². The summed E-state index contributed by atoms with van der Waals surface area (Å²) < 4.78 is 0. The fraction of sp³-hybridized carbons (Fsp3) is 0.182. The zero-order valence-corrected chi connectivity index (χ0v) is 15.7. The summed E-state index contributed by atoms with van der Waals surface area (Å²) in [5, 5.41) is 5.44. The monoisotopic (exact) mass is 380 g/mol. The van der Waals surface area contributed by atoms with Gasteiger partial charge in [-0.25, -0.2) is 0 Å². The summed E-state index contributed by atoms with van der Waals surface area (Å²) >= 11 is 5.93. The molecule has 0 heterocycles. The van der Waals surface area contributed by atoms with Crippen LogP contribution in [0.15, 0.2) is 66.7 Å². The lowest BCUT2D eigenvalue weighted by Gasteiger charge is -2.19. The molecule has 0 aromatic heterocycles. The number of carbonyl (C=O) groups is 2. The van der Waals surface area contributed by atoms with Crippen molar-refractivity contribution in [2.45, 2.75) is 25.4 Å². The van der Waals surface area contributed by atoms with Gasteiger partial charge in [-0.1, -0.05) is 60.1 Å². The molecule has 3 rings (SSSR count). The second-order valence-corrected chi connectivity index (χ2v) is 7.04. The first-order chi connectivity index (χ1) is 12.9. The third-order valence-electron chi connectivity index (χ3n) is 4.43. The minimum absolute atomic E-state index is 0.148. The number of ketones is 1. The van der Waals surface area contributed by atoms with E-state index >= 15 is 0 Å². The van der Waals surface area contributed by atoms with Crippen LogP contribution in [0, 0.1) is 0 Å². The molecule has 138 valence electrons. The molecule has 0 aliphatic rings. The van der Waals surface area contributed by atoms with Crippen molar-refractivity contribution in [2.24, 2.45) is 5.73 Å². The third kappa shape index (κ3) is 4.73. The maximum atomic E-state index is 13.1. The number of amides is 1. The number of fused-ring (bicyclic) bond motifs is 1. The first kappa shape index (κ1) is 19.1. The fourth-order valence-electron chi connectivity index (χ4n) is 2.91. The molecular formula is C22H21ClN2O2. The summed E-state index contributed by atoms with van der Waals surface area (Å²) in [6.07, 6.45) is 0.362. The topological polar surface area (TPSA) is 72.2 Å². The minimum atomic E-state index is -0.703. The quantitative estimate of drug-likeness (QED) is 0.640. The molecule has 0 bridgehead atoms. The molecule has 0 radical (unpaired) electrons. The van der Waals surface area contributed by atoms with Crippen molar-refractivity contribution in [2.75, 3.05) is 0 Å². The Morgan fingerprint density at radius 3 is 2.33 bits per heavy atom.